The third-order valence-electron chi connectivity index (χ3n) is 6.46. The van der Waals surface area contributed by atoms with Gasteiger partial charge in [0.1, 0.15) is 18.2 Å². The van der Waals surface area contributed by atoms with Crippen molar-refractivity contribution < 1.29 is 28.5 Å². The molecule has 4 rings (SSSR count). The number of hydrogen-bond donors (Lipinski definition) is 1. The molecule has 8 atom stereocenters. The van der Waals surface area contributed by atoms with Gasteiger partial charge in [-0.15, -0.1) is 0 Å². The molecule has 7 heteroatoms. The van der Waals surface area contributed by atoms with Crippen LogP contribution in [-0.2, 0) is 23.7 Å². The van der Waals surface area contributed by atoms with Crippen molar-refractivity contribution in [3.8, 4) is 0 Å². The standard InChI is InChI=1S/C20H33NO6/c1-10(2)12-7-6-11(3)8-13(12)24-18-15-17(26-19(22)21-15)16-14(25-18)9-23-20(4,5)27-16/h10-18H,6-9H2,1-5H3,(H,21,22)/t11-,12+,13?,14-,15-,16-,17+,18-/m1/s1. The molecule has 1 unspecified atom stereocenters. The van der Waals surface area contributed by atoms with E-state index in [4.69, 9.17) is 23.7 Å². The molecule has 3 saturated heterocycles. The summed E-state index contributed by atoms with van der Waals surface area (Å²) in [4.78, 5) is 12.0. The van der Waals surface area contributed by atoms with E-state index in [2.05, 4.69) is 26.1 Å². The summed E-state index contributed by atoms with van der Waals surface area (Å²) in [6, 6.07) is -0.363. The second-order valence-corrected chi connectivity index (χ2v) is 9.38. The van der Waals surface area contributed by atoms with Crippen LogP contribution in [0.2, 0.25) is 0 Å². The number of nitrogens with one attached hydrogen (secondary N) is 1. The Labute approximate surface area is 161 Å². The Morgan fingerprint density at radius 2 is 2.00 bits per heavy atom. The minimum atomic E-state index is -0.723. The van der Waals surface area contributed by atoms with Crippen molar-refractivity contribution in [2.45, 2.75) is 96.4 Å². The molecular weight excluding hydrogens is 350 g/mol. The lowest BCUT2D eigenvalue weighted by Crippen LogP contribution is -2.66. The van der Waals surface area contributed by atoms with Crippen LogP contribution in [0.4, 0.5) is 4.79 Å². The molecule has 1 amide bonds. The van der Waals surface area contributed by atoms with Crippen LogP contribution in [0.1, 0.15) is 53.9 Å². The molecule has 0 spiro atoms. The molecule has 3 heterocycles. The number of carbonyl (C=O) groups is 1. The summed E-state index contributed by atoms with van der Waals surface area (Å²) in [6.45, 7) is 10.9. The maximum absolute atomic E-state index is 12.0. The van der Waals surface area contributed by atoms with Gasteiger partial charge >= 0.3 is 6.09 Å². The van der Waals surface area contributed by atoms with E-state index in [1.54, 1.807) is 0 Å². The van der Waals surface area contributed by atoms with Crippen molar-refractivity contribution in [3.63, 3.8) is 0 Å². The number of fused-ring (bicyclic) bond motifs is 3. The van der Waals surface area contributed by atoms with Gasteiger partial charge in [0, 0.05) is 0 Å². The number of hydrogen-bond acceptors (Lipinski definition) is 6. The van der Waals surface area contributed by atoms with Gasteiger partial charge in [0.05, 0.1) is 12.7 Å². The van der Waals surface area contributed by atoms with Crippen molar-refractivity contribution in [2.75, 3.05) is 6.61 Å². The highest BCUT2D eigenvalue weighted by molar-refractivity contribution is 5.70. The van der Waals surface area contributed by atoms with Crippen molar-refractivity contribution in [1.82, 2.24) is 5.32 Å². The molecule has 4 aliphatic rings. The predicted molar refractivity (Wildman–Crippen MR) is 97.0 cm³/mol. The van der Waals surface area contributed by atoms with Crippen molar-refractivity contribution in [1.29, 1.82) is 0 Å². The summed E-state index contributed by atoms with van der Waals surface area (Å²) in [6.07, 6.45) is 1.46. The quantitative estimate of drug-likeness (QED) is 0.808. The maximum atomic E-state index is 12.0. The Balaban J connectivity index is 1.52. The van der Waals surface area contributed by atoms with E-state index in [-0.39, 0.29) is 24.4 Å². The fraction of sp³-hybridized carbons (Fsp3) is 0.950. The van der Waals surface area contributed by atoms with Crippen LogP contribution in [0.5, 0.6) is 0 Å². The molecule has 7 nitrogen and oxygen atoms in total. The average molecular weight is 383 g/mol. The van der Waals surface area contributed by atoms with Gasteiger partial charge in [0.15, 0.2) is 18.2 Å². The first-order chi connectivity index (χ1) is 12.7. The van der Waals surface area contributed by atoms with E-state index in [0.717, 1.165) is 6.42 Å². The van der Waals surface area contributed by atoms with Gasteiger partial charge in [-0.05, 0) is 44.4 Å². The third kappa shape index (κ3) is 3.84. The summed E-state index contributed by atoms with van der Waals surface area (Å²) in [5.41, 5.74) is 0. The summed E-state index contributed by atoms with van der Waals surface area (Å²) < 4.78 is 30.1. The molecule has 0 radical (unpaired) electrons. The van der Waals surface area contributed by atoms with Gasteiger partial charge in [-0.2, -0.15) is 0 Å². The molecule has 3 aliphatic heterocycles. The van der Waals surface area contributed by atoms with Crippen molar-refractivity contribution in [3.05, 3.63) is 0 Å². The molecule has 1 saturated carbocycles. The highest BCUT2D eigenvalue weighted by Crippen LogP contribution is 2.40. The molecule has 1 N–H and O–H groups in total. The van der Waals surface area contributed by atoms with E-state index < -0.39 is 24.3 Å². The molecule has 154 valence electrons. The van der Waals surface area contributed by atoms with Crippen LogP contribution in [0.3, 0.4) is 0 Å². The number of amides is 1. The Kier molecular flexibility index (Phi) is 5.16. The van der Waals surface area contributed by atoms with E-state index in [0.29, 0.717) is 24.4 Å². The van der Waals surface area contributed by atoms with Crippen LogP contribution in [-0.4, -0.2) is 55.2 Å². The smallest absolute Gasteiger partial charge is 0.408 e. The van der Waals surface area contributed by atoms with Gasteiger partial charge in [-0.1, -0.05) is 27.2 Å². The van der Waals surface area contributed by atoms with Crippen LogP contribution < -0.4 is 5.32 Å². The molecule has 27 heavy (non-hydrogen) atoms. The highest BCUT2D eigenvalue weighted by atomic mass is 16.8. The fourth-order valence-corrected chi connectivity index (χ4v) is 4.97. The SMILES string of the molecule is CC(C)[C@@H]1CC[C@@H](C)CC1O[C@@H]1O[C@@H]2COC(C)(C)O[C@H]2[C@H]2OC(=O)N[C@@H]12. The van der Waals surface area contributed by atoms with Crippen LogP contribution in [0.25, 0.3) is 0 Å². The second-order valence-electron chi connectivity index (χ2n) is 9.38. The van der Waals surface area contributed by atoms with Gasteiger partial charge in [-0.25, -0.2) is 4.79 Å². The second kappa shape index (κ2) is 7.17. The summed E-state index contributed by atoms with van der Waals surface area (Å²) >= 11 is 0. The van der Waals surface area contributed by atoms with Gasteiger partial charge in [0.2, 0.25) is 0 Å². The lowest BCUT2D eigenvalue weighted by molar-refractivity contribution is -0.368. The Bertz CT molecular complexity index is 567. The zero-order valence-corrected chi connectivity index (χ0v) is 17.0. The van der Waals surface area contributed by atoms with E-state index in [9.17, 15) is 4.79 Å². The molecular formula is C20H33NO6. The Morgan fingerprint density at radius 3 is 2.74 bits per heavy atom. The van der Waals surface area contributed by atoms with E-state index in [1.807, 2.05) is 13.8 Å². The lowest BCUT2D eigenvalue weighted by atomic mass is 9.75. The minimum absolute atomic E-state index is 0.121. The van der Waals surface area contributed by atoms with Gasteiger partial charge < -0.3 is 29.0 Å². The van der Waals surface area contributed by atoms with Crippen molar-refractivity contribution >= 4 is 6.09 Å². The fourth-order valence-electron chi connectivity index (χ4n) is 4.97. The largest absolute Gasteiger partial charge is 0.441 e. The number of alkyl carbamates (subject to hydrolysis) is 1. The van der Waals surface area contributed by atoms with E-state index >= 15 is 0 Å². The van der Waals surface area contributed by atoms with Crippen molar-refractivity contribution in [2.24, 2.45) is 17.8 Å². The third-order valence-corrected chi connectivity index (χ3v) is 6.46. The Hall–Kier alpha value is -0.890. The molecule has 0 aromatic heterocycles. The van der Waals surface area contributed by atoms with Crippen LogP contribution in [0, 0.1) is 17.8 Å². The highest BCUT2D eigenvalue weighted by Gasteiger charge is 2.57. The van der Waals surface area contributed by atoms with Crippen LogP contribution in [0.15, 0.2) is 0 Å². The Morgan fingerprint density at radius 1 is 1.22 bits per heavy atom. The molecule has 1 aliphatic carbocycles. The summed E-state index contributed by atoms with van der Waals surface area (Å²) in [5, 5.41) is 2.88. The normalized spacial score (nSPS) is 46.4. The first-order valence-electron chi connectivity index (χ1n) is 10.3. The van der Waals surface area contributed by atoms with Gasteiger partial charge in [-0.3, -0.25) is 0 Å². The molecule has 0 aromatic carbocycles. The number of rotatable bonds is 3. The zero-order valence-electron chi connectivity index (χ0n) is 17.0. The topological polar surface area (TPSA) is 75.2 Å². The molecule has 4 fully saturated rings. The van der Waals surface area contributed by atoms with Gasteiger partial charge in [0.25, 0.3) is 0 Å². The first-order valence-corrected chi connectivity index (χ1v) is 10.3. The summed E-state index contributed by atoms with van der Waals surface area (Å²) in [5.74, 6) is 0.955. The summed E-state index contributed by atoms with van der Waals surface area (Å²) in [7, 11) is 0. The van der Waals surface area contributed by atoms with E-state index in [1.165, 1.54) is 12.8 Å². The average Bonchev–Trinajstić information content (AvgIpc) is 2.97. The number of ether oxygens (including phenoxy) is 5. The maximum Gasteiger partial charge on any atom is 0.408 e. The molecule has 0 bridgehead atoms. The first kappa shape index (κ1) is 19.4. The minimum Gasteiger partial charge on any atom is -0.441 e. The molecule has 0 aromatic rings. The lowest BCUT2D eigenvalue weighted by Gasteiger charge is -2.49. The number of carbonyl (C=O) groups excluding carboxylic acids is 1. The zero-order chi connectivity index (χ0) is 19.3. The predicted octanol–water partition coefficient (Wildman–Crippen LogP) is 2.82. The monoisotopic (exact) mass is 383 g/mol. The van der Waals surface area contributed by atoms with Crippen LogP contribution >= 0.6 is 0 Å².